The Balaban J connectivity index is 1.81. The number of benzene rings is 1. The third-order valence-electron chi connectivity index (χ3n) is 6.03. The SMILES string of the molecule is CC1Oc2cc(cnc2N)-c2c(CC(F)F)nn(C)c2Cc2cn(C)nc2-c2ccc(F)cc21. The smallest absolute Gasteiger partial charge is 0.244 e. The Hall–Kier alpha value is -3.82. The van der Waals surface area contributed by atoms with Crippen LogP contribution in [0.25, 0.3) is 22.4 Å². The van der Waals surface area contributed by atoms with Crippen LogP contribution in [0.5, 0.6) is 5.75 Å². The lowest BCUT2D eigenvalue weighted by atomic mass is 9.94. The van der Waals surface area contributed by atoms with Gasteiger partial charge < -0.3 is 10.5 Å². The number of pyridine rings is 1. The van der Waals surface area contributed by atoms with Gasteiger partial charge in [0.25, 0.3) is 0 Å². The van der Waals surface area contributed by atoms with Crippen LogP contribution in [0.4, 0.5) is 19.0 Å². The van der Waals surface area contributed by atoms with E-state index < -0.39 is 24.8 Å². The number of nitrogens with two attached hydrogens (primary N) is 1. The van der Waals surface area contributed by atoms with E-state index in [1.807, 2.05) is 6.20 Å². The van der Waals surface area contributed by atoms with Crippen LogP contribution >= 0.6 is 0 Å². The molecule has 34 heavy (non-hydrogen) atoms. The summed E-state index contributed by atoms with van der Waals surface area (Å²) in [6, 6.07) is 6.15. The van der Waals surface area contributed by atoms with Gasteiger partial charge in [0.05, 0.1) is 23.5 Å². The van der Waals surface area contributed by atoms with Crippen molar-refractivity contribution < 1.29 is 17.9 Å². The van der Waals surface area contributed by atoms with Crippen LogP contribution in [0.3, 0.4) is 0 Å². The predicted molar refractivity (Wildman–Crippen MR) is 121 cm³/mol. The number of hydrogen-bond acceptors (Lipinski definition) is 5. The Kier molecular flexibility index (Phi) is 5.30. The van der Waals surface area contributed by atoms with Gasteiger partial charge in [-0.15, -0.1) is 0 Å². The van der Waals surface area contributed by atoms with Crippen molar-refractivity contribution in [3.63, 3.8) is 0 Å². The minimum atomic E-state index is -2.56. The Bertz CT molecular complexity index is 1390. The molecule has 3 aromatic heterocycles. The molecule has 0 saturated carbocycles. The molecule has 0 saturated heterocycles. The number of aryl methyl sites for hydroxylation is 2. The first-order valence-corrected chi connectivity index (χ1v) is 10.8. The van der Waals surface area contributed by atoms with E-state index in [1.165, 1.54) is 18.3 Å². The fourth-order valence-corrected chi connectivity index (χ4v) is 4.54. The van der Waals surface area contributed by atoms with E-state index in [0.29, 0.717) is 34.4 Å². The number of aromatic nitrogens is 5. The lowest BCUT2D eigenvalue weighted by molar-refractivity contribution is 0.148. The number of alkyl halides is 2. The molecule has 0 spiro atoms. The zero-order valence-corrected chi connectivity index (χ0v) is 18.9. The molecule has 0 fully saturated rings. The van der Waals surface area contributed by atoms with Gasteiger partial charge in [0.2, 0.25) is 6.43 Å². The number of rotatable bonds is 2. The third-order valence-corrected chi connectivity index (χ3v) is 6.03. The molecule has 4 aromatic rings. The van der Waals surface area contributed by atoms with Crippen molar-refractivity contribution in [2.24, 2.45) is 14.1 Å². The molecule has 2 bridgehead atoms. The second-order valence-corrected chi connectivity index (χ2v) is 8.44. The van der Waals surface area contributed by atoms with Crippen molar-refractivity contribution in [3.8, 4) is 28.1 Å². The number of ether oxygens (including phenoxy) is 1. The maximum atomic E-state index is 14.3. The molecule has 5 rings (SSSR count). The van der Waals surface area contributed by atoms with Crippen LogP contribution in [0.1, 0.15) is 35.5 Å². The van der Waals surface area contributed by atoms with Crippen molar-refractivity contribution in [2.45, 2.75) is 32.3 Å². The Morgan fingerprint density at radius 1 is 1.21 bits per heavy atom. The van der Waals surface area contributed by atoms with Gasteiger partial charge in [-0.1, -0.05) is 0 Å². The second kappa shape index (κ2) is 8.19. The van der Waals surface area contributed by atoms with E-state index in [0.717, 1.165) is 11.3 Å². The van der Waals surface area contributed by atoms with E-state index in [1.54, 1.807) is 42.5 Å². The van der Waals surface area contributed by atoms with Crippen LogP contribution in [0, 0.1) is 5.82 Å². The summed E-state index contributed by atoms with van der Waals surface area (Å²) in [4.78, 5) is 4.25. The van der Waals surface area contributed by atoms with Crippen LogP contribution in [0.2, 0.25) is 0 Å². The largest absolute Gasteiger partial charge is 0.482 e. The summed E-state index contributed by atoms with van der Waals surface area (Å²) in [6.45, 7) is 1.79. The number of nitrogens with zero attached hydrogens (tertiary/aromatic N) is 5. The summed E-state index contributed by atoms with van der Waals surface area (Å²) in [6.07, 6.45) is 0.128. The van der Waals surface area contributed by atoms with E-state index in [4.69, 9.17) is 10.5 Å². The lowest BCUT2D eigenvalue weighted by Crippen LogP contribution is -2.10. The third kappa shape index (κ3) is 3.78. The monoisotopic (exact) mass is 468 g/mol. The van der Waals surface area contributed by atoms with Gasteiger partial charge in [0.15, 0.2) is 11.6 Å². The molecule has 1 aromatic carbocycles. The maximum Gasteiger partial charge on any atom is 0.244 e. The maximum absolute atomic E-state index is 14.3. The van der Waals surface area contributed by atoms with Crippen molar-refractivity contribution in [1.29, 1.82) is 0 Å². The summed E-state index contributed by atoms with van der Waals surface area (Å²) in [7, 11) is 3.53. The van der Waals surface area contributed by atoms with Gasteiger partial charge in [-0.3, -0.25) is 9.36 Å². The van der Waals surface area contributed by atoms with E-state index in [2.05, 4.69) is 15.2 Å². The molecule has 0 aliphatic carbocycles. The topological polar surface area (TPSA) is 83.8 Å². The molecule has 1 aliphatic heterocycles. The van der Waals surface area contributed by atoms with Crippen LogP contribution in [-0.2, 0) is 26.9 Å². The number of hydrogen-bond donors (Lipinski definition) is 1. The van der Waals surface area contributed by atoms with E-state index in [-0.39, 0.29) is 17.3 Å². The molecule has 10 heteroatoms. The Morgan fingerprint density at radius 2 is 2.00 bits per heavy atom. The normalized spacial score (nSPS) is 15.1. The number of halogens is 3. The minimum Gasteiger partial charge on any atom is -0.482 e. The molecule has 176 valence electrons. The highest BCUT2D eigenvalue weighted by Crippen LogP contribution is 2.39. The molecule has 4 heterocycles. The quantitative estimate of drug-likeness (QED) is 0.470. The summed E-state index contributed by atoms with van der Waals surface area (Å²) >= 11 is 0. The van der Waals surface area contributed by atoms with Gasteiger partial charge in [0, 0.05) is 60.7 Å². The average molecular weight is 468 g/mol. The van der Waals surface area contributed by atoms with Crippen molar-refractivity contribution >= 4 is 5.82 Å². The van der Waals surface area contributed by atoms with Gasteiger partial charge >= 0.3 is 0 Å². The van der Waals surface area contributed by atoms with E-state index >= 15 is 0 Å². The van der Waals surface area contributed by atoms with Crippen LogP contribution in [0.15, 0.2) is 36.7 Å². The number of fused-ring (bicyclic) bond motifs is 7. The standard InChI is InChI=1S/C24H23F3N6O/c1-12-17-8-15(25)4-5-16(17)23-14(11-32(2)31-23)6-19-22(18(9-21(26)27)30-33(19)3)13-7-20(34-12)24(28)29-10-13/h4-5,7-8,10-12,21H,6,9H2,1-3H3,(H2,28,29). The molecule has 0 radical (unpaired) electrons. The summed E-state index contributed by atoms with van der Waals surface area (Å²) in [5, 5.41) is 9.05. The first-order valence-electron chi connectivity index (χ1n) is 10.8. The predicted octanol–water partition coefficient (Wildman–Crippen LogP) is 4.46. The van der Waals surface area contributed by atoms with Crippen molar-refractivity contribution in [1.82, 2.24) is 24.5 Å². The van der Waals surface area contributed by atoms with Gasteiger partial charge in [0.1, 0.15) is 11.9 Å². The van der Waals surface area contributed by atoms with Crippen molar-refractivity contribution in [2.75, 3.05) is 5.73 Å². The molecule has 7 nitrogen and oxygen atoms in total. The van der Waals surface area contributed by atoms with Gasteiger partial charge in [-0.05, 0) is 31.2 Å². The molecule has 1 aliphatic rings. The fraction of sp³-hybridized carbons (Fsp3) is 0.292. The highest BCUT2D eigenvalue weighted by atomic mass is 19.3. The Morgan fingerprint density at radius 3 is 2.76 bits per heavy atom. The van der Waals surface area contributed by atoms with Crippen LogP contribution in [-0.4, -0.2) is 31.0 Å². The van der Waals surface area contributed by atoms with Gasteiger partial charge in [-0.25, -0.2) is 18.2 Å². The molecule has 0 amide bonds. The van der Waals surface area contributed by atoms with Crippen molar-refractivity contribution in [3.05, 3.63) is 65.0 Å². The van der Waals surface area contributed by atoms with Gasteiger partial charge in [-0.2, -0.15) is 10.2 Å². The molecular formula is C24H23F3N6O. The van der Waals surface area contributed by atoms with E-state index in [9.17, 15) is 13.2 Å². The van der Waals surface area contributed by atoms with Crippen LogP contribution < -0.4 is 10.5 Å². The lowest BCUT2D eigenvalue weighted by Gasteiger charge is -2.21. The molecule has 1 atom stereocenters. The zero-order chi connectivity index (χ0) is 24.1. The first kappa shape index (κ1) is 22.0. The molecule has 1 unspecified atom stereocenters. The molecular weight excluding hydrogens is 445 g/mol. The summed E-state index contributed by atoms with van der Waals surface area (Å²) in [5.41, 5.74) is 11.0. The summed E-state index contributed by atoms with van der Waals surface area (Å²) < 4.78 is 50.5. The second-order valence-electron chi connectivity index (χ2n) is 8.44. The fourth-order valence-electron chi connectivity index (χ4n) is 4.54. The number of nitrogen functional groups attached to an aromatic ring is 1. The number of anilines is 1. The summed E-state index contributed by atoms with van der Waals surface area (Å²) in [5.74, 6) is 0.0222. The Labute approximate surface area is 194 Å². The first-order chi connectivity index (χ1) is 16.2. The minimum absolute atomic E-state index is 0.144. The zero-order valence-electron chi connectivity index (χ0n) is 18.9. The highest BCUT2D eigenvalue weighted by Gasteiger charge is 2.26. The highest BCUT2D eigenvalue weighted by molar-refractivity contribution is 5.74. The molecule has 2 N–H and O–H groups in total. The average Bonchev–Trinajstić information content (AvgIpc) is 3.27.